The van der Waals surface area contributed by atoms with Crippen LogP contribution in [0.25, 0.3) is 0 Å². The fraction of sp³-hybridized carbons (Fsp3) is 0.273. The molecule has 0 saturated carbocycles. The minimum absolute atomic E-state index is 0.0675. The molecule has 0 heterocycles. The van der Waals surface area contributed by atoms with Crippen LogP contribution >= 0.6 is 0 Å². The number of carbonyl (C=O) groups is 1. The highest BCUT2D eigenvalue weighted by atomic mass is 19.4. The van der Waals surface area contributed by atoms with Crippen molar-refractivity contribution in [1.29, 1.82) is 0 Å². The van der Waals surface area contributed by atoms with E-state index in [9.17, 15) is 22.4 Å². The second-order valence-corrected chi connectivity index (χ2v) is 3.47. The van der Waals surface area contributed by atoms with Crippen molar-refractivity contribution >= 4 is 5.91 Å². The Kier molecular flexibility index (Phi) is 4.28. The zero-order chi connectivity index (χ0) is 13.9. The lowest BCUT2D eigenvalue weighted by molar-refractivity contribution is -0.140. The number of hydrogen-bond donors (Lipinski definition) is 2. The molecule has 0 spiro atoms. The van der Waals surface area contributed by atoms with Gasteiger partial charge in [0.1, 0.15) is 5.82 Å². The van der Waals surface area contributed by atoms with Crippen LogP contribution in [0.1, 0.15) is 27.9 Å². The van der Waals surface area contributed by atoms with Crippen molar-refractivity contribution in [1.82, 2.24) is 0 Å². The molecule has 18 heavy (non-hydrogen) atoms. The van der Waals surface area contributed by atoms with Gasteiger partial charge in [0.15, 0.2) is 0 Å². The molecule has 1 aromatic rings. The van der Waals surface area contributed by atoms with Gasteiger partial charge in [0.25, 0.3) is 5.91 Å². The summed E-state index contributed by atoms with van der Waals surface area (Å²) in [6.45, 7) is -0.277. The Morgan fingerprint density at radius 3 is 2.44 bits per heavy atom. The Bertz CT molecular complexity index is 457. The van der Waals surface area contributed by atoms with E-state index in [-0.39, 0.29) is 18.6 Å². The Labute approximate surface area is 100 Å². The molecule has 1 amide bonds. The van der Waals surface area contributed by atoms with Gasteiger partial charge in [0, 0.05) is 6.61 Å². The summed E-state index contributed by atoms with van der Waals surface area (Å²) < 4.78 is 50.9. The topological polar surface area (TPSA) is 63.3 Å². The molecule has 0 aliphatic rings. The smallest absolute Gasteiger partial charge is 0.396 e. The first-order valence-corrected chi connectivity index (χ1v) is 4.92. The van der Waals surface area contributed by atoms with Crippen LogP contribution in [0.3, 0.4) is 0 Å². The summed E-state index contributed by atoms with van der Waals surface area (Å²) in [5, 5.41) is 8.59. The largest absolute Gasteiger partial charge is 0.419 e. The average molecular weight is 264 g/mol. The number of amides is 1. The van der Waals surface area contributed by atoms with E-state index < -0.39 is 29.0 Å². The Morgan fingerprint density at radius 2 is 2.00 bits per heavy atom. The number of halogens is 4. The van der Waals surface area contributed by atoms with E-state index in [0.29, 0.717) is 6.07 Å². The van der Waals surface area contributed by atoms with Gasteiger partial charge in [0.2, 0.25) is 0 Å². The third-order valence-electron chi connectivity index (χ3n) is 2.22. The normalized spacial score (nSPS) is 11.6. The van der Waals surface area contributed by atoms with Gasteiger partial charge < -0.3 is 10.8 Å². The maximum absolute atomic E-state index is 13.6. The summed E-state index contributed by atoms with van der Waals surface area (Å²) in [5.74, 6) is -2.98. The Balaban J connectivity index is 3.33. The molecule has 0 atom stereocenters. The first kappa shape index (κ1) is 14.4. The first-order valence-electron chi connectivity index (χ1n) is 4.92. The third kappa shape index (κ3) is 2.98. The monoisotopic (exact) mass is 264 g/mol. The van der Waals surface area contributed by atoms with Crippen molar-refractivity contribution in [3.05, 3.63) is 41.1 Å². The molecule has 1 radical (unpaired) electrons. The molecule has 0 fully saturated rings. The number of hydrogen-bond acceptors (Lipinski definition) is 2. The predicted molar refractivity (Wildman–Crippen MR) is 55.0 cm³/mol. The number of nitrogens with two attached hydrogens (primary N) is 1. The third-order valence-corrected chi connectivity index (χ3v) is 2.22. The summed E-state index contributed by atoms with van der Waals surface area (Å²) >= 11 is 0. The molecule has 0 bridgehead atoms. The van der Waals surface area contributed by atoms with Gasteiger partial charge in [-0.1, -0.05) is 6.07 Å². The SMILES string of the molecule is NC(=O)c1c([CH]CCO)ccc(C(F)(F)F)c1F. The molecule has 0 aromatic heterocycles. The van der Waals surface area contributed by atoms with E-state index in [1.54, 1.807) is 0 Å². The molecular weight excluding hydrogens is 254 g/mol. The zero-order valence-corrected chi connectivity index (χ0v) is 9.09. The first-order chi connectivity index (χ1) is 8.29. The van der Waals surface area contributed by atoms with Gasteiger partial charge in [-0.15, -0.1) is 0 Å². The number of alkyl halides is 3. The van der Waals surface area contributed by atoms with Crippen molar-refractivity contribution in [3.63, 3.8) is 0 Å². The molecule has 99 valence electrons. The minimum atomic E-state index is -4.90. The zero-order valence-electron chi connectivity index (χ0n) is 9.09. The van der Waals surface area contributed by atoms with Gasteiger partial charge in [-0.3, -0.25) is 4.79 Å². The van der Waals surface area contributed by atoms with Crippen LogP contribution < -0.4 is 5.73 Å². The van der Waals surface area contributed by atoms with Crippen LogP contribution in [0.4, 0.5) is 17.6 Å². The number of aliphatic hydroxyl groups excluding tert-OH is 1. The maximum atomic E-state index is 13.6. The van der Waals surface area contributed by atoms with Crippen LogP contribution in [-0.2, 0) is 6.18 Å². The number of rotatable bonds is 4. The molecule has 0 saturated heterocycles. The van der Waals surface area contributed by atoms with Crippen LogP contribution in [0.15, 0.2) is 12.1 Å². The molecule has 7 heteroatoms. The molecule has 1 aromatic carbocycles. The van der Waals surface area contributed by atoms with E-state index in [4.69, 9.17) is 10.8 Å². The molecular formula is C11H10F4NO2. The Hall–Kier alpha value is -1.63. The molecule has 0 unspecified atom stereocenters. The summed E-state index contributed by atoms with van der Waals surface area (Å²) in [4.78, 5) is 11.0. The van der Waals surface area contributed by atoms with E-state index >= 15 is 0 Å². The fourth-order valence-corrected chi connectivity index (χ4v) is 1.45. The average Bonchev–Trinajstić information content (AvgIpc) is 2.23. The van der Waals surface area contributed by atoms with Crippen molar-refractivity contribution in [2.45, 2.75) is 12.6 Å². The fourth-order valence-electron chi connectivity index (χ4n) is 1.45. The van der Waals surface area contributed by atoms with Crippen molar-refractivity contribution in [2.75, 3.05) is 6.61 Å². The van der Waals surface area contributed by atoms with Gasteiger partial charge in [-0.2, -0.15) is 13.2 Å². The highest BCUT2D eigenvalue weighted by Crippen LogP contribution is 2.33. The number of aliphatic hydroxyl groups is 1. The van der Waals surface area contributed by atoms with E-state index in [0.717, 1.165) is 6.07 Å². The lowest BCUT2D eigenvalue weighted by atomic mass is 9.98. The van der Waals surface area contributed by atoms with Crippen molar-refractivity contribution < 1.29 is 27.5 Å². The number of carbonyl (C=O) groups excluding carboxylic acids is 1. The van der Waals surface area contributed by atoms with Gasteiger partial charge in [0.05, 0.1) is 11.1 Å². The quantitative estimate of drug-likeness (QED) is 0.815. The van der Waals surface area contributed by atoms with Crippen molar-refractivity contribution in [3.8, 4) is 0 Å². The van der Waals surface area contributed by atoms with Gasteiger partial charge in [-0.25, -0.2) is 4.39 Å². The predicted octanol–water partition coefficient (Wildman–Crippen LogP) is 1.88. The van der Waals surface area contributed by atoms with Crippen LogP contribution in [-0.4, -0.2) is 17.6 Å². The van der Waals surface area contributed by atoms with Gasteiger partial charge in [-0.05, 0) is 24.5 Å². The standard InChI is InChI=1S/C11H10F4NO2/c12-9-7(11(13,14)15)4-3-6(2-1-5-17)8(9)10(16)18/h2-4,17H,1,5H2,(H2,16,18). The number of primary amides is 1. The summed E-state index contributed by atoms with van der Waals surface area (Å²) in [5.41, 5.74) is 2.44. The highest BCUT2D eigenvalue weighted by molar-refractivity contribution is 5.95. The second kappa shape index (κ2) is 5.34. The van der Waals surface area contributed by atoms with Gasteiger partial charge >= 0.3 is 6.18 Å². The lowest BCUT2D eigenvalue weighted by Crippen LogP contribution is -2.19. The van der Waals surface area contributed by atoms with E-state index in [2.05, 4.69) is 0 Å². The summed E-state index contributed by atoms with van der Waals surface area (Å²) in [6.07, 6.45) is -3.59. The van der Waals surface area contributed by atoms with Crippen LogP contribution in [0, 0.1) is 12.2 Å². The molecule has 1 rings (SSSR count). The maximum Gasteiger partial charge on any atom is 0.419 e. The molecule has 0 aliphatic carbocycles. The van der Waals surface area contributed by atoms with Crippen LogP contribution in [0.2, 0.25) is 0 Å². The summed E-state index contributed by atoms with van der Waals surface area (Å²) in [6, 6.07) is 1.48. The number of benzene rings is 1. The second-order valence-electron chi connectivity index (χ2n) is 3.47. The Morgan fingerprint density at radius 1 is 1.39 bits per heavy atom. The molecule has 3 N–H and O–H groups in total. The highest BCUT2D eigenvalue weighted by Gasteiger charge is 2.36. The minimum Gasteiger partial charge on any atom is -0.396 e. The van der Waals surface area contributed by atoms with E-state index in [1.165, 1.54) is 6.42 Å². The van der Waals surface area contributed by atoms with Crippen molar-refractivity contribution in [2.24, 2.45) is 5.73 Å². The summed E-state index contributed by atoms with van der Waals surface area (Å²) in [7, 11) is 0. The van der Waals surface area contributed by atoms with Crippen LogP contribution in [0.5, 0.6) is 0 Å². The molecule has 3 nitrogen and oxygen atoms in total. The molecule has 0 aliphatic heterocycles. The lowest BCUT2D eigenvalue weighted by Gasteiger charge is -2.13. The van der Waals surface area contributed by atoms with E-state index in [1.807, 2.05) is 0 Å².